The molecule has 3 rings (SSSR count). The molecule has 2 aromatic rings. The maximum Gasteiger partial charge on any atom is 0.150 e. The van der Waals surface area contributed by atoms with E-state index in [9.17, 15) is 0 Å². The predicted molar refractivity (Wildman–Crippen MR) is 73.9 cm³/mol. The molecule has 6 heteroatoms. The highest BCUT2D eigenvalue weighted by Crippen LogP contribution is 2.26. The summed E-state index contributed by atoms with van der Waals surface area (Å²) in [4.78, 5) is 11.0. The van der Waals surface area contributed by atoms with Crippen molar-refractivity contribution in [3.8, 4) is 0 Å². The molecule has 0 amide bonds. The minimum atomic E-state index is 0.436. The summed E-state index contributed by atoms with van der Waals surface area (Å²) >= 11 is 0. The molecular formula is C13H18N6. The first-order chi connectivity index (χ1) is 9.24. The number of hydrogen-bond acceptors (Lipinski definition) is 5. The Bertz CT molecular complexity index is 556. The van der Waals surface area contributed by atoms with Crippen LogP contribution >= 0.6 is 0 Å². The van der Waals surface area contributed by atoms with Crippen LogP contribution in [0, 0.1) is 6.92 Å². The van der Waals surface area contributed by atoms with Gasteiger partial charge in [0.15, 0.2) is 0 Å². The fraction of sp³-hybridized carbons (Fsp3) is 0.462. The maximum atomic E-state index is 5.66. The molecule has 1 saturated heterocycles. The highest BCUT2D eigenvalue weighted by atomic mass is 15.3. The summed E-state index contributed by atoms with van der Waals surface area (Å²) in [6.07, 6.45) is 7.55. The van der Waals surface area contributed by atoms with Gasteiger partial charge in [0.2, 0.25) is 0 Å². The smallest absolute Gasteiger partial charge is 0.150 e. The number of aromatic nitrogens is 4. The molecule has 0 saturated carbocycles. The standard InChI is InChI=1S/C13H18N6/c1-10-13(16-6-5-15-10)18-7-2-11(3-8-18)19-9-4-12(14)17-19/h4-6,9,11H,2-3,7-8H2,1H3,(H2,14,17). The molecule has 0 atom stereocenters. The molecule has 0 bridgehead atoms. The van der Waals surface area contributed by atoms with E-state index in [2.05, 4.69) is 20.0 Å². The molecule has 1 fully saturated rings. The molecule has 0 aliphatic carbocycles. The van der Waals surface area contributed by atoms with Gasteiger partial charge in [-0.1, -0.05) is 0 Å². The summed E-state index contributed by atoms with van der Waals surface area (Å²) in [7, 11) is 0. The summed E-state index contributed by atoms with van der Waals surface area (Å²) < 4.78 is 1.98. The Morgan fingerprint density at radius 3 is 2.58 bits per heavy atom. The molecule has 2 aromatic heterocycles. The summed E-state index contributed by atoms with van der Waals surface area (Å²) in [5, 5.41) is 4.30. The third kappa shape index (κ3) is 2.38. The first kappa shape index (κ1) is 12.0. The molecule has 0 spiro atoms. The van der Waals surface area contributed by atoms with Gasteiger partial charge in [0, 0.05) is 31.7 Å². The topological polar surface area (TPSA) is 72.9 Å². The highest BCUT2D eigenvalue weighted by molar-refractivity contribution is 5.42. The number of rotatable bonds is 2. The van der Waals surface area contributed by atoms with Crippen molar-refractivity contribution in [1.82, 2.24) is 19.7 Å². The van der Waals surface area contributed by atoms with Gasteiger partial charge in [-0.3, -0.25) is 9.67 Å². The maximum absolute atomic E-state index is 5.66. The zero-order valence-electron chi connectivity index (χ0n) is 11.0. The van der Waals surface area contributed by atoms with Crippen molar-refractivity contribution in [3.05, 3.63) is 30.4 Å². The van der Waals surface area contributed by atoms with Gasteiger partial charge >= 0.3 is 0 Å². The van der Waals surface area contributed by atoms with Gasteiger partial charge in [-0.2, -0.15) is 5.10 Å². The van der Waals surface area contributed by atoms with E-state index in [1.54, 1.807) is 12.4 Å². The van der Waals surface area contributed by atoms with Gasteiger partial charge in [-0.25, -0.2) is 4.98 Å². The molecule has 1 aliphatic heterocycles. The molecule has 100 valence electrons. The Labute approximate surface area is 112 Å². The number of aryl methyl sites for hydroxylation is 1. The van der Waals surface area contributed by atoms with E-state index in [0.717, 1.165) is 37.4 Å². The zero-order chi connectivity index (χ0) is 13.2. The fourth-order valence-corrected chi connectivity index (χ4v) is 2.61. The van der Waals surface area contributed by atoms with Crippen LogP contribution in [-0.4, -0.2) is 32.8 Å². The number of hydrogen-bond donors (Lipinski definition) is 1. The van der Waals surface area contributed by atoms with Crippen LogP contribution in [0.2, 0.25) is 0 Å². The third-order valence-corrected chi connectivity index (χ3v) is 3.62. The Kier molecular flexibility index (Phi) is 3.06. The van der Waals surface area contributed by atoms with Crippen LogP contribution < -0.4 is 10.6 Å². The van der Waals surface area contributed by atoms with Crippen LogP contribution in [0.4, 0.5) is 11.6 Å². The molecule has 19 heavy (non-hydrogen) atoms. The summed E-state index contributed by atoms with van der Waals surface area (Å²) in [6.45, 7) is 3.95. The molecular weight excluding hydrogens is 240 g/mol. The van der Waals surface area contributed by atoms with Gasteiger partial charge in [-0.15, -0.1) is 0 Å². The van der Waals surface area contributed by atoms with Crippen LogP contribution in [0.15, 0.2) is 24.7 Å². The summed E-state index contributed by atoms with van der Waals surface area (Å²) in [6, 6.07) is 2.28. The van der Waals surface area contributed by atoms with Crippen LogP contribution in [0.25, 0.3) is 0 Å². The molecule has 0 radical (unpaired) electrons. The zero-order valence-corrected chi connectivity index (χ0v) is 11.0. The van der Waals surface area contributed by atoms with Crippen molar-refractivity contribution in [3.63, 3.8) is 0 Å². The van der Waals surface area contributed by atoms with E-state index in [4.69, 9.17) is 5.73 Å². The van der Waals surface area contributed by atoms with E-state index >= 15 is 0 Å². The average molecular weight is 258 g/mol. The minimum Gasteiger partial charge on any atom is -0.382 e. The van der Waals surface area contributed by atoms with Crippen molar-refractivity contribution in [2.75, 3.05) is 23.7 Å². The average Bonchev–Trinajstić information content (AvgIpc) is 2.86. The van der Waals surface area contributed by atoms with Gasteiger partial charge in [0.1, 0.15) is 11.6 Å². The number of nitrogens with two attached hydrogens (primary N) is 1. The van der Waals surface area contributed by atoms with Crippen LogP contribution in [0.1, 0.15) is 24.6 Å². The Morgan fingerprint density at radius 2 is 1.95 bits per heavy atom. The van der Waals surface area contributed by atoms with E-state index in [1.165, 1.54) is 0 Å². The van der Waals surface area contributed by atoms with Crippen LogP contribution in [0.5, 0.6) is 0 Å². The lowest BCUT2D eigenvalue weighted by Crippen LogP contribution is -2.35. The minimum absolute atomic E-state index is 0.436. The molecule has 3 heterocycles. The summed E-state index contributed by atoms with van der Waals surface area (Å²) in [5.41, 5.74) is 6.65. The Balaban J connectivity index is 1.68. The lowest BCUT2D eigenvalue weighted by molar-refractivity contribution is 0.366. The fourth-order valence-electron chi connectivity index (χ4n) is 2.61. The van der Waals surface area contributed by atoms with E-state index in [0.29, 0.717) is 11.9 Å². The molecule has 0 unspecified atom stereocenters. The number of piperidine rings is 1. The SMILES string of the molecule is Cc1nccnc1N1CCC(n2ccc(N)n2)CC1. The van der Waals surface area contributed by atoms with Crippen molar-refractivity contribution in [2.45, 2.75) is 25.8 Å². The quantitative estimate of drug-likeness (QED) is 0.881. The second-order valence-corrected chi connectivity index (χ2v) is 4.90. The second-order valence-electron chi connectivity index (χ2n) is 4.90. The molecule has 2 N–H and O–H groups in total. The van der Waals surface area contributed by atoms with Gasteiger partial charge in [0.05, 0.1) is 11.7 Å². The predicted octanol–water partition coefficient (Wildman–Crippen LogP) is 1.41. The van der Waals surface area contributed by atoms with E-state index in [-0.39, 0.29) is 0 Å². The van der Waals surface area contributed by atoms with Crippen molar-refractivity contribution in [2.24, 2.45) is 0 Å². The largest absolute Gasteiger partial charge is 0.382 e. The van der Waals surface area contributed by atoms with Gasteiger partial charge in [0.25, 0.3) is 0 Å². The number of nitrogen functional groups attached to an aromatic ring is 1. The van der Waals surface area contributed by atoms with Crippen LogP contribution in [-0.2, 0) is 0 Å². The Morgan fingerprint density at radius 1 is 1.21 bits per heavy atom. The normalized spacial score (nSPS) is 16.8. The van der Waals surface area contributed by atoms with Crippen molar-refractivity contribution in [1.29, 1.82) is 0 Å². The van der Waals surface area contributed by atoms with Gasteiger partial charge in [-0.05, 0) is 25.8 Å². The Hall–Kier alpha value is -2.11. The third-order valence-electron chi connectivity index (χ3n) is 3.62. The molecule has 1 aliphatic rings. The van der Waals surface area contributed by atoms with Crippen molar-refractivity contribution >= 4 is 11.6 Å². The van der Waals surface area contributed by atoms with Gasteiger partial charge < -0.3 is 10.6 Å². The van der Waals surface area contributed by atoms with E-state index < -0.39 is 0 Å². The number of anilines is 2. The molecule has 0 aromatic carbocycles. The van der Waals surface area contributed by atoms with Crippen molar-refractivity contribution < 1.29 is 0 Å². The molecule has 6 nitrogen and oxygen atoms in total. The lowest BCUT2D eigenvalue weighted by atomic mass is 10.1. The van der Waals surface area contributed by atoms with E-state index in [1.807, 2.05) is 23.9 Å². The lowest BCUT2D eigenvalue weighted by Gasteiger charge is -2.33. The first-order valence-electron chi connectivity index (χ1n) is 6.57. The summed E-state index contributed by atoms with van der Waals surface area (Å²) in [5.74, 6) is 1.59. The number of nitrogens with zero attached hydrogens (tertiary/aromatic N) is 5. The van der Waals surface area contributed by atoms with Crippen LogP contribution in [0.3, 0.4) is 0 Å². The highest BCUT2D eigenvalue weighted by Gasteiger charge is 2.22. The first-order valence-corrected chi connectivity index (χ1v) is 6.57. The second kappa shape index (κ2) is 4.87. The monoisotopic (exact) mass is 258 g/mol.